The monoisotopic (exact) mass is 259 g/mol. The van der Waals surface area contributed by atoms with Crippen LogP contribution in [0.3, 0.4) is 0 Å². The van der Waals surface area contributed by atoms with E-state index in [0.717, 1.165) is 0 Å². The molecule has 0 bridgehead atoms. The zero-order valence-corrected chi connectivity index (χ0v) is 10.8. The van der Waals surface area contributed by atoms with Gasteiger partial charge in [0.05, 0.1) is 23.2 Å². The van der Waals surface area contributed by atoms with Gasteiger partial charge in [0, 0.05) is 11.9 Å². The Morgan fingerprint density at radius 3 is 2.81 bits per heavy atom. The Morgan fingerprint density at radius 1 is 1.62 bits per heavy atom. The third kappa shape index (κ3) is 2.90. The van der Waals surface area contributed by atoms with Crippen LogP contribution in [0.1, 0.15) is 17.3 Å². The summed E-state index contributed by atoms with van der Waals surface area (Å²) < 4.78 is 0. The number of halogens is 1. The van der Waals surface area contributed by atoms with Crippen LogP contribution >= 0.6 is 24.2 Å². The SMILES string of the molecule is CC(CO)N(C)C(=O)c1cc(S)ccc1Cl. The molecule has 1 amide bonds. The number of carbonyl (C=O) groups is 1. The third-order valence-corrected chi connectivity index (χ3v) is 3.03. The number of hydrogen-bond donors (Lipinski definition) is 2. The van der Waals surface area contributed by atoms with E-state index in [2.05, 4.69) is 12.6 Å². The highest BCUT2D eigenvalue weighted by atomic mass is 35.5. The number of aliphatic hydroxyl groups excluding tert-OH is 1. The average Bonchev–Trinajstić information content (AvgIpc) is 2.29. The van der Waals surface area contributed by atoms with Gasteiger partial charge < -0.3 is 10.0 Å². The molecule has 1 atom stereocenters. The lowest BCUT2D eigenvalue weighted by Crippen LogP contribution is -2.37. The van der Waals surface area contributed by atoms with Gasteiger partial charge in [0.2, 0.25) is 0 Å². The Labute approximate surface area is 105 Å². The fourth-order valence-electron chi connectivity index (χ4n) is 1.19. The fourth-order valence-corrected chi connectivity index (χ4v) is 1.59. The first-order valence-corrected chi connectivity index (χ1v) is 5.66. The molecule has 0 saturated carbocycles. The predicted octanol–water partition coefficient (Wildman–Crippen LogP) is 2.08. The number of nitrogens with zero attached hydrogens (tertiary/aromatic N) is 1. The number of hydrogen-bond acceptors (Lipinski definition) is 3. The van der Waals surface area contributed by atoms with Gasteiger partial charge in [-0.1, -0.05) is 11.6 Å². The minimum absolute atomic E-state index is 0.0829. The van der Waals surface area contributed by atoms with Crippen molar-refractivity contribution >= 4 is 30.1 Å². The molecule has 0 aliphatic carbocycles. The summed E-state index contributed by atoms with van der Waals surface area (Å²) in [5.74, 6) is -0.220. The van der Waals surface area contributed by atoms with Crippen LogP contribution in [0.2, 0.25) is 5.02 Å². The number of likely N-dealkylation sites (N-methyl/N-ethyl adjacent to an activating group) is 1. The van der Waals surface area contributed by atoms with E-state index in [0.29, 0.717) is 15.5 Å². The van der Waals surface area contributed by atoms with E-state index in [4.69, 9.17) is 16.7 Å². The van der Waals surface area contributed by atoms with Crippen molar-refractivity contribution in [1.29, 1.82) is 0 Å². The zero-order valence-electron chi connectivity index (χ0n) is 9.14. The number of thiol groups is 1. The van der Waals surface area contributed by atoms with Gasteiger partial charge in [-0.3, -0.25) is 4.79 Å². The lowest BCUT2D eigenvalue weighted by Gasteiger charge is -2.23. The van der Waals surface area contributed by atoms with E-state index in [1.54, 1.807) is 32.2 Å². The maximum Gasteiger partial charge on any atom is 0.255 e. The van der Waals surface area contributed by atoms with Crippen LogP contribution in [0.15, 0.2) is 23.1 Å². The second-order valence-corrected chi connectivity index (χ2v) is 4.54. The van der Waals surface area contributed by atoms with Gasteiger partial charge in [0.25, 0.3) is 5.91 Å². The van der Waals surface area contributed by atoms with Crippen molar-refractivity contribution in [2.75, 3.05) is 13.7 Å². The molecule has 0 spiro atoms. The molecule has 1 N–H and O–H groups in total. The van der Waals surface area contributed by atoms with Crippen LogP contribution in [0.5, 0.6) is 0 Å². The molecule has 0 radical (unpaired) electrons. The highest BCUT2D eigenvalue weighted by Gasteiger charge is 2.19. The van der Waals surface area contributed by atoms with E-state index in [1.807, 2.05) is 0 Å². The van der Waals surface area contributed by atoms with Crippen LogP contribution in [-0.2, 0) is 0 Å². The van der Waals surface area contributed by atoms with Gasteiger partial charge in [-0.05, 0) is 25.1 Å². The van der Waals surface area contributed by atoms with Crippen molar-refractivity contribution < 1.29 is 9.90 Å². The molecule has 1 aromatic rings. The van der Waals surface area contributed by atoms with Crippen LogP contribution in [0.25, 0.3) is 0 Å². The highest BCUT2D eigenvalue weighted by Crippen LogP contribution is 2.21. The first kappa shape index (κ1) is 13.4. The van der Waals surface area contributed by atoms with Crippen molar-refractivity contribution in [1.82, 2.24) is 4.90 Å². The number of carbonyl (C=O) groups excluding carboxylic acids is 1. The Kier molecular flexibility index (Phi) is 4.65. The van der Waals surface area contributed by atoms with Crippen molar-refractivity contribution in [3.05, 3.63) is 28.8 Å². The van der Waals surface area contributed by atoms with E-state index in [1.165, 1.54) is 4.90 Å². The maximum absolute atomic E-state index is 12.0. The topological polar surface area (TPSA) is 40.5 Å². The normalized spacial score (nSPS) is 12.3. The van der Waals surface area contributed by atoms with Crippen LogP contribution in [0.4, 0.5) is 0 Å². The molecule has 0 heterocycles. The van der Waals surface area contributed by atoms with E-state index < -0.39 is 0 Å². The maximum atomic E-state index is 12.0. The Bertz CT molecular complexity index is 398. The van der Waals surface area contributed by atoms with Crippen molar-refractivity contribution in [3.8, 4) is 0 Å². The lowest BCUT2D eigenvalue weighted by molar-refractivity contribution is 0.0682. The Morgan fingerprint density at radius 2 is 2.25 bits per heavy atom. The molecule has 5 heteroatoms. The second kappa shape index (κ2) is 5.57. The minimum atomic E-state index is -0.243. The fraction of sp³-hybridized carbons (Fsp3) is 0.364. The smallest absolute Gasteiger partial charge is 0.255 e. The predicted molar refractivity (Wildman–Crippen MR) is 67.3 cm³/mol. The van der Waals surface area contributed by atoms with Gasteiger partial charge >= 0.3 is 0 Å². The molecule has 3 nitrogen and oxygen atoms in total. The highest BCUT2D eigenvalue weighted by molar-refractivity contribution is 7.80. The molecule has 0 fully saturated rings. The number of rotatable bonds is 3. The van der Waals surface area contributed by atoms with Gasteiger partial charge in [-0.2, -0.15) is 0 Å². The second-order valence-electron chi connectivity index (χ2n) is 3.61. The van der Waals surface area contributed by atoms with E-state index in [-0.39, 0.29) is 18.6 Å². The molecular weight excluding hydrogens is 246 g/mol. The third-order valence-electron chi connectivity index (χ3n) is 2.43. The van der Waals surface area contributed by atoms with Gasteiger partial charge in [0.15, 0.2) is 0 Å². The van der Waals surface area contributed by atoms with Crippen LogP contribution in [0, 0.1) is 0 Å². The largest absolute Gasteiger partial charge is 0.394 e. The van der Waals surface area contributed by atoms with Crippen molar-refractivity contribution in [2.45, 2.75) is 17.9 Å². The zero-order chi connectivity index (χ0) is 12.3. The summed E-state index contributed by atoms with van der Waals surface area (Å²) >= 11 is 10.1. The first-order chi connectivity index (χ1) is 7.47. The van der Waals surface area contributed by atoms with Crippen LogP contribution in [-0.4, -0.2) is 35.6 Å². The Balaban J connectivity index is 3.00. The average molecular weight is 260 g/mol. The lowest BCUT2D eigenvalue weighted by atomic mass is 10.2. The van der Waals surface area contributed by atoms with E-state index in [9.17, 15) is 4.79 Å². The molecule has 16 heavy (non-hydrogen) atoms. The Hall–Kier alpha value is -0.710. The van der Waals surface area contributed by atoms with E-state index >= 15 is 0 Å². The summed E-state index contributed by atoms with van der Waals surface area (Å²) in [5, 5.41) is 9.37. The van der Waals surface area contributed by atoms with Crippen LogP contribution < -0.4 is 0 Å². The number of benzene rings is 1. The van der Waals surface area contributed by atoms with Gasteiger partial charge in [-0.25, -0.2) is 0 Å². The summed E-state index contributed by atoms with van der Waals surface area (Å²) in [5.41, 5.74) is 0.400. The van der Waals surface area contributed by atoms with Crippen molar-refractivity contribution in [2.24, 2.45) is 0 Å². The van der Waals surface area contributed by atoms with Crippen molar-refractivity contribution in [3.63, 3.8) is 0 Å². The summed E-state index contributed by atoms with van der Waals surface area (Å²) in [6, 6.07) is 4.73. The summed E-state index contributed by atoms with van der Waals surface area (Å²) in [6.45, 7) is 1.68. The molecule has 0 aliphatic rings. The molecule has 1 rings (SSSR count). The summed E-state index contributed by atoms with van der Waals surface area (Å²) in [4.78, 5) is 14.1. The summed E-state index contributed by atoms with van der Waals surface area (Å²) in [7, 11) is 1.63. The standard InChI is InChI=1S/C11H14ClNO2S/c1-7(6-14)13(2)11(15)9-5-8(16)3-4-10(9)12/h3-5,7,14,16H,6H2,1-2H3. The molecule has 0 saturated heterocycles. The molecule has 88 valence electrons. The summed E-state index contributed by atoms with van der Waals surface area (Å²) in [6.07, 6.45) is 0. The molecule has 0 aromatic heterocycles. The van der Waals surface area contributed by atoms with Gasteiger partial charge in [0.1, 0.15) is 0 Å². The first-order valence-electron chi connectivity index (χ1n) is 4.84. The quantitative estimate of drug-likeness (QED) is 0.816. The molecule has 1 unspecified atom stereocenters. The van der Waals surface area contributed by atoms with Gasteiger partial charge in [-0.15, -0.1) is 12.6 Å². The number of amides is 1. The molecule has 1 aromatic carbocycles. The number of aliphatic hydroxyl groups is 1. The minimum Gasteiger partial charge on any atom is -0.394 e. The molecule has 0 aliphatic heterocycles. The molecular formula is C11H14ClNO2S.